The van der Waals surface area contributed by atoms with E-state index in [9.17, 15) is 0 Å². The van der Waals surface area contributed by atoms with Gasteiger partial charge in [-0.25, -0.2) is 0 Å². The molecule has 0 aliphatic rings. The van der Waals surface area contributed by atoms with Crippen LogP contribution in [0.25, 0.3) is 0 Å². The summed E-state index contributed by atoms with van der Waals surface area (Å²) in [5, 5.41) is 47.6. The Kier molecular flexibility index (Phi) is 23.1. The molecule has 0 radical (unpaired) electrons. The summed E-state index contributed by atoms with van der Waals surface area (Å²) in [6.07, 6.45) is 0. The van der Waals surface area contributed by atoms with Crippen LogP contribution in [0.4, 0.5) is 0 Å². The number of aliphatic hydroxyl groups is 3. The predicted octanol–water partition coefficient (Wildman–Crippen LogP) is -0.758. The van der Waals surface area contributed by atoms with E-state index in [1.54, 1.807) is 6.92 Å². The fraction of sp³-hybridized carbons (Fsp3) is 0.727. The fourth-order valence-electron chi connectivity index (χ4n) is 0.150. The maximum atomic E-state index is 9.00. The molecule has 0 atom stereocenters. The second kappa shape index (κ2) is 17.3. The van der Waals surface area contributed by atoms with Crippen LogP contribution in [0.15, 0.2) is 0 Å². The van der Waals surface area contributed by atoms with Crippen molar-refractivity contribution in [1.82, 2.24) is 0 Å². The zero-order chi connectivity index (χ0) is 17.4. The second-order valence-electron chi connectivity index (χ2n) is 3.84. The fourth-order valence-corrected chi connectivity index (χ4v) is 0.150. The highest BCUT2D eigenvalue weighted by molar-refractivity contribution is 5.63. The van der Waals surface area contributed by atoms with E-state index in [0.717, 1.165) is 20.8 Å². The standard InChI is InChI=1S/C5H12O3.3C2H4O2/c1-5(2-6,3-7)4-8;3*1-2(3)4/h6-8H,2-4H2,1H3;3*1H3,(H,3,4). The summed E-state index contributed by atoms with van der Waals surface area (Å²) in [6.45, 7) is 4.31. The van der Waals surface area contributed by atoms with Crippen molar-refractivity contribution in [2.75, 3.05) is 19.8 Å². The number of aliphatic hydroxyl groups excluding tert-OH is 3. The molecule has 0 unspecified atom stereocenters. The molecule has 0 rings (SSSR count). The monoisotopic (exact) mass is 300 g/mol. The number of carboxylic acids is 3. The molecule has 0 spiro atoms. The number of rotatable bonds is 3. The number of hydrogen-bond acceptors (Lipinski definition) is 6. The first-order valence-electron chi connectivity index (χ1n) is 5.29. The van der Waals surface area contributed by atoms with Crippen molar-refractivity contribution in [3.05, 3.63) is 0 Å². The summed E-state index contributed by atoms with van der Waals surface area (Å²) in [6, 6.07) is 0. The van der Waals surface area contributed by atoms with Crippen molar-refractivity contribution in [2.45, 2.75) is 27.7 Å². The van der Waals surface area contributed by atoms with E-state index >= 15 is 0 Å². The van der Waals surface area contributed by atoms with E-state index in [1.807, 2.05) is 0 Å². The lowest BCUT2D eigenvalue weighted by Crippen LogP contribution is -2.29. The van der Waals surface area contributed by atoms with Gasteiger partial charge in [0.05, 0.1) is 19.8 Å². The molecule has 0 aliphatic carbocycles. The highest BCUT2D eigenvalue weighted by Gasteiger charge is 2.20. The van der Waals surface area contributed by atoms with E-state index in [4.69, 9.17) is 45.0 Å². The van der Waals surface area contributed by atoms with Gasteiger partial charge in [0.25, 0.3) is 17.9 Å². The van der Waals surface area contributed by atoms with E-state index in [2.05, 4.69) is 0 Å². The predicted molar refractivity (Wildman–Crippen MR) is 69.3 cm³/mol. The van der Waals surface area contributed by atoms with Crippen LogP contribution in [0, 0.1) is 5.41 Å². The third kappa shape index (κ3) is 71.7. The Labute approximate surface area is 117 Å². The van der Waals surface area contributed by atoms with E-state index in [1.165, 1.54) is 0 Å². The van der Waals surface area contributed by atoms with Crippen molar-refractivity contribution >= 4 is 17.9 Å². The van der Waals surface area contributed by atoms with Crippen molar-refractivity contribution in [3.8, 4) is 0 Å². The molecule has 0 aromatic heterocycles. The minimum atomic E-state index is -0.833. The highest BCUT2D eigenvalue weighted by atomic mass is 16.4. The Morgan fingerprint density at radius 2 is 0.800 bits per heavy atom. The van der Waals surface area contributed by atoms with Gasteiger partial charge in [0, 0.05) is 26.2 Å². The quantitative estimate of drug-likeness (QED) is 0.391. The Balaban J connectivity index is -0.0000000917. The van der Waals surface area contributed by atoms with E-state index in [0.29, 0.717) is 0 Å². The van der Waals surface area contributed by atoms with Gasteiger partial charge in [-0.05, 0) is 0 Å². The first-order chi connectivity index (χ1) is 8.88. The normalized spacial score (nSPS) is 8.55. The Morgan fingerprint density at radius 3 is 0.800 bits per heavy atom. The molecule has 122 valence electrons. The van der Waals surface area contributed by atoms with Crippen LogP contribution in [0.1, 0.15) is 27.7 Å². The highest BCUT2D eigenvalue weighted by Crippen LogP contribution is 2.10. The third-order valence-electron chi connectivity index (χ3n) is 1.15. The first kappa shape index (κ1) is 26.8. The molecule has 0 saturated carbocycles. The second-order valence-corrected chi connectivity index (χ2v) is 3.84. The van der Waals surface area contributed by atoms with Gasteiger partial charge in [-0.2, -0.15) is 0 Å². The van der Waals surface area contributed by atoms with Gasteiger partial charge in [-0.15, -0.1) is 0 Å². The zero-order valence-corrected chi connectivity index (χ0v) is 12.0. The van der Waals surface area contributed by atoms with Gasteiger partial charge in [0.1, 0.15) is 0 Å². The topological polar surface area (TPSA) is 173 Å². The van der Waals surface area contributed by atoms with Crippen molar-refractivity contribution < 1.29 is 45.0 Å². The minimum Gasteiger partial charge on any atom is -0.481 e. The lowest BCUT2D eigenvalue weighted by Gasteiger charge is -2.20. The van der Waals surface area contributed by atoms with Crippen LogP contribution < -0.4 is 0 Å². The van der Waals surface area contributed by atoms with Crippen molar-refractivity contribution in [2.24, 2.45) is 5.41 Å². The van der Waals surface area contributed by atoms with Crippen LogP contribution in [0.5, 0.6) is 0 Å². The molecule has 0 bridgehead atoms. The Morgan fingerprint density at radius 1 is 0.700 bits per heavy atom. The lowest BCUT2D eigenvalue weighted by molar-refractivity contribution is -0.135. The molecule has 0 saturated heterocycles. The maximum absolute atomic E-state index is 9.00. The van der Waals surface area contributed by atoms with E-state index in [-0.39, 0.29) is 19.8 Å². The smallest absolute Gasteiger partial charge is 0.300 e. The average Bonchev–Trinajstić information content (AvgIpc) is 2.26. The summed E-state index contributed by atoms with van der Waals surface area (Å²) in [5.74, 6) is -2.50. The van der Waals surface area contributed by atoms with E-state index < -0.39 is 23.3 Å². The number of carboxylic acid groups (broad SMARTS) is 3. The average molecular weight is 300 g/mol. The SMILES string of the molecule is CC(=O)O.CC(=O)O.CC(=O)O.CC(CO)(CO)CO. The Hall–Kier alpha value is -1.71. The van der Waals surface area contributed by atoms with Gasteiger partial charge in [-0.1, -0.05) is 6.92 Å². The van der Waals surface area contributed by atoms with Gasteiger partial charge < -0.3 is 30.6 Å². The van der Waals surface area contributed by atoms with Crippen LogP contribution in [-0.4, -0.2) is 68.4 Å². The van der Waals surface area contributed by atoms with Gasteiger partial charge in [0.2, 0.25) is 0 Å². The molecule has 9 nitrogen and oxygen atoms in total. The minimum absolute atomic E-state index is 0.181. The molecule has 0 heterocycles. The molecule has 0 fully saturated rings. The summed E-state index contributed by atoms with van der Waals surface area (Å²) in [4.78, 5) is 27.0. The van der Waals surface area contributed by atoms with Crippen molar-refractivity contribution in [3.63, 3.8) is 0 Å². The van der Waals surface area contributed by atoms with Gasteiger partial charge in [0.15, 0.2) is 0 Å². The third-order valence-corrected chi connectivity index (χ3v) is 1.15. The number of aliphatic carboxylic acids is 3. The van der Waals surface area contributed by atoms with Gasteiger partial charge in [-0.3, -0.25) is 14.4 Å². The molecule has 0 aromatic carbocycles. The molecule has 20 heavy (non-hydrogen) atoms. The molecule has 0 aliphatic heterocycles. The maximum Gasteiger partial charge on any atom is 0.300 e. The van der Waals surface area contributed by atoms with Crippen LogP contribution in [-0.2, 0) is 14.4 Å². The first-order valence-corrected chi connectivity index (χ1v) is 5.29. The largest absolute Gasteiger partial charge is 0.481 e. The Bertz CT molecular complexity index is 210. The zero-order valence-electron chi connectivity index (χ0n) is 12.0. The molecule has 0 aromatic rings. The number of carbonyl (C=O) groups is 3. The summed E-state index contributed by atoms with van der Waals surface area (Å²) < 4.78 is 0. The van der Waals surface area contributed by atoms with Crippen LogP contribution >= 0.6 is 0 Å². The molecule has 9 heteroatoms. The summed E-state index contributed by atoms with van der Waals surface area (Å²) in [5.41, 5.74) is -0.708. The molecule has 0 amide bonds. The number of hydrogen-bond donors (Lipinski definition) is 6. The molecule has 6 N–H and O–H groups in total. The van der Waals surface area contributed by atoms with Crippen LogP contribution in [0.3, 0.4) is 0 Å². The molecular formula is C11H24O9. The molecular weight excluding hydrogens is 276 g/mol. The summed E-state index contributed by atoms with van der Waals surface area (Å²) in [7, 11) is 0. The van der Waals surface area contributed by atoms with Crippen molar-refractivity contribution in [1.29, 1.82) is 0 Å². The summed E-state index contributed by atoms with van der Waals surface area (Å²) >= 11 is 0. The van der Waals surface area contributed by atoms with Crippen LogP contribution in [0.2, 0.25) is 0 Å². The van der Waals surface area contributed by atoms with Gasteiger partial charge >= 0.3 is 0 Å². The lowest BCUT2D eigenvalue weighted by atomic mass is 9.95.